The van der Waals surface area contributed by atoms with Gasteiger partial charge in [-0.05, 0) is 51.8 Å². The van der Waals surface area contributed by atoms with Gasteiger partial charge in [0.25, 0.3) is 5.91 Å². The average Bonchev–Trinajstić information content (AvgIpc) is 3.24. The van der Waals surface area contributed by atoms with Gasteiger partial charge in [-0.2, -0.15) is 0 Å². The summed E-state index contributed by atoms with van der Waals surface area (Å²) >= 11 is 0. The van der Waals surface area contributed by atoms with Crippen molar-refractivity contribution in [2.45, 2.75) is 64.8 Å². The molecule has 0 aliphatic carbocycles. The molecule has 1 aromatic carbocycles. The number of benzene rings is 1. The number of nitrogens with one attached hydrogen (secondary N) is 2. The van der Waals surface area contributed by atoms with Gasteiger partial charge < -0.3 is 24.5 Å². The summed E-state index contributed by atoms with van der Waals surface area (Å²) < 4.78 is 16.5. The molecule has 0 spiro atoms. The Morgan fingerprint density at radius 3 is 2.79 bits per heavy atom. The van der Waals surface area contributed by atoms with Crippen molar-refractivity contribution in [2.24, 2.45) is 0 Å². The molecule has 2 atom stereocenters. The second kappa shape index (κ2) is 8.18. The number of rotatable bonds is 5. The number of ether oxygens (including phenoxy) is 2. The van der Waals surface area contributed by atoms with Crippen LogP contribution in [0.15, 0.2) is 22.6 Å². The van der Waals surface area contributed by atoms with Crippen molar-refractivity contribution in [3.63, 3.8) is 0 Å². The number of carbonyl (C=O) groups excluding carboxylic acids is 2. The molecule has 2 heterocycles. The fourth-order valence-electron chi connectivity index (χ4n) is 2.99. The van der Waals surface area contributed by atoms with E-state index in [-0.39, 0.29) is 12.0 Å². The van der Waals surface area contributed by atoms with E-state index in [0.717, 1.165) is 0 Å². The number of fused-ring (bicyclic) bond motifs is 1. The minimum absolute atomic E-state index is 0.210. The van der Waals surface area contributed by atoms with Crippen LogP contribution in [0.3, 0.4) is 0 Å². The van der Waals surface area contributed by atoms with Gasteiger partial charge in [-0.25, -0.2) is 9.78 Å². The van der Waals surface area contributed by atoms with Crippen LogP contribution < -0.4 is 10.6 Å². The molecule has 8 nitrogen and oxygen atoms in total. The highest BCUT2D eigenvalue weighted by Crippen LogP contribution is 2.23. The number of oxazole rings is 1. The molecular weight excluding hydrogens is 362 g/mol. The van der Waals surface area contributed by atoms with Gasteiger partial charge in [-0.15, -0.1) is 0 Å². The van der Waals surface area contributed by atoms with E-state index >= 15 is 0 Å². The van der Waals surface area contributed by atoms with Gasteiger partial charge in [0.2, 0.25) is 0 Å². The first kappa shape index (κ1) is 20.1. The highest BCUT2D eigenvalue weighted by atomic mass is 16.6. The number of amides is 2. The second-order valence-electron chi connectivity index (χ2n) is 7.84. The highest BCUT2D eigenvalue weighted by Gasteiger charge is 2.31. The lowest BCUT2D eigenvalue weighted by atomic mass is 10.2. The molecular formula is C20H27N3O5. The summed E-state index contributed by atoms with van der Waals surface area (Å²) in [5.74, 6) is 0.455. The Labute approximate surface area is 164 Å². The van der Waals surface area contributed by atoms with Crippen molar-refractivity contribution < 1.29 is 23.5 Å². The van der Waals surface area contributed by atoms with Gasteiger partial charge in [0.1, 0.15) is 17.2 Å². The van der Waals surface area contributed by atoms with E-state index < -0.39 is 17.8 Å². The lowest BCUT2D eigenvalue weighted by Crippen LogP contribution is -2.37. The predicted molar refractivity (Wildman–Crippen MR) is 104 cm³/mol. The molecule has 1 aliphatic heterocycles. The van der Waals surface area contributed by atoms with Gasteiger partial charge in [-0.3, -0.25) is 4.79 Å². The Morgan fingerprint density at radius 2 is 2.07 bits per heavy atom. The summed E-state index contributed by atoms with van der Waals surface area (Å²) in [5, 5.41) is 5.54. The van der Waals surface area contributed by atoms with Crippen LogP contribution in [0.25, 0.3) is 11.1 Å². The third-order valence-corrected chi connectivity index (χ3v) is 4.27. The van der Waals surface area contributed by atoms with Crippen LogP contribution in [-0.2, 0) is 20.7 Å². The topological polar surface area (TPSA) is 103 Å². The maximum Gasteiger partial charge on any atom is 0.407 e. The number of aryl methyl sites for hydroxylation is 1. The maximum atomic E-state index is 12.5. The lowest BCUT2D eigenvalue weighted by molar-refractivity contribution is -0.126. The molecule has 152 valence electrons. The van der Waals surface area contributed by atoms with Crippen molar-refractivity contribution in [3.05, 3.63) is 24.1 Å². The Hall–Kier alpha value is -2.61. The summed E-state index contributed by atoms with van der Waals surface area (Å²) in [6.07, 6.45) is 0.745. The van der Waals surface area contributed by atoms with E-state index in [4.69, 9.17) is 13.9 Å². The normalized spacial score (nSPS) is 19.6. The SMILES string of the molecule is CCc1nc2cc(NC(=O)[C@H]3CC[C@H](CNC(=O)OC(C)(C)C)O3)ccc2o1. The van der Waals surface area contributed by atoms with Gasteiger partial charge in [-0.1, -0.05) is 6.92 Å². The Morgan fingerprint density at radius 1 is 1.29 bits per heavy atom. The number of carbonyl (C=O) groups is 2. The van der Waals surface area contributed by atoms with E-state index in [1.165, 1.54) is 0 Å². The standard InChI is InChI=1S/C20H27N3O5/c1-5-17-23-14-10-12(6-8-15(14)27-17)22-18(24)16-9-7-13(26-16)11-21-19(25)28-20(2,3)4/h6,8,10,13,16H,5,7,9,11H2,1-4H3,(H,21,25)(H,22,24)/t13-,16-/m1/s1. The predicted octanol–water partition coefficient (Wildman–Crippen LogP) is 3.40. The Bertz CT molecular complexity index is 855. The van der Waals surface area contributed by atoms with Crippen LogP contribution in [0.1, 0.15) is 46.4 Å². The zero-order chi connectivity index (χ0) is 20.3. The van der Waals surface area contributed by atoms with E-state index in [1.807, 2.05) is 6.92 Å². The molecule has 3 rings (SSSR count). The summed E-state index contributed by atoms with van der Waals surface area (Å²) in [4.78, 5) is 28.6. The van der Waals surface area contributed by atoms with Crippen LogP contribution in [0, 0.1) is 0 Å². The van der Waals surface area contributed by atoms with Gasteiger partial charge in [0.15, 0.2) is 11.5 Å². The van der Waals surface area contributed by atoms with E-state index in [0.29, 0.717) is 48.5 Å². The smallest absolute Gasteiger partial charge is 0.407 e. The van der Waals surface area contributed by atoms with Gasteiger partial charge in [0, 0.05) is 18.7 Å². The maximum absolute atomic E-state index is 12.5. The van der Waals surface area contributed by atoms with E-state index in [9.17, 15) is 9.59 Å². The second-order valence-corrected chi connectivity index (χ2v) is 7.84. The van der Waals surface area contributed by atoms with Crippen molar-refractivity contribution in [2.75, 3.05) is 11.9 Å². The van der Waals surface area contributed by atoms with Crippen LogP contribution >= 0.6 is 0 Å². The van der Waals surface area contributed by atoms with Crippen LogP contribution in [-0.4, -0.2) is 41.3 Å². The first-order valence-electron chi connectivity index (χ1n) is 9.56. The van der Waals surface area contributed by atoms with Crippen molar-refractivity contribution >= 4 is 28.8 Å². The zero-order valence-electron chi connectivity index (χ0n) is 16.7. The fourth-order valence-corrected chi connectivity index (χ4v) is 2.99. The number of nitrogens with zero attached hydrogens (tertiary/aromatic N) is 1. The first-order valence-corrected chi connectivity index (χ1v) is 9.56. The number of hydrogen-bond donors (Lipinski definition) is 2. The zero-order valence-corrected chi connectivity index (χ0v) is 16.7. The molecule has 2 amide bonds. The number of aromatic nitrogens is 1. The highest BCUT2D eigenvalue weighted by molar-refractivity contribution is 5.95. The molecule has 0 bridgehead atoms. The van der Waals surface area contributed by atoms with Crippen LogP contribution in [0.5, 0.6) is 0 Å². The third-order valence-electron chi connectivity index (χ3n) is 4.27. The minimum atomic E-state index is -0.551. The largest absolute Gasteiger partial charge is 0.444 e. The van der Waals surface area contributed by atoms with Gasteiger partial charge in [0.05, 0.1) is 6.10 Å². The van der Waals surface area contributed by atoms with Crippen LogP contribution in [0.4, 0.5) is 10.5 Å². The average molecular weight is 389 g/mol. The minimum Gasteiger partial charge on any atom is -0.444 e. The van der Waals surface area contributed by atoms with Crippen molar-refractivity contribution in [1.82, 2.24) is 10.3 Å². The Kier molecular flexibility index (Phi) is 5.88. The molecule has 0 unspecified atom stereocenters. The molecule has 1 fully saturated rings. The Balaban J connectivity index is 1.50. The van der Waals surface area contributed by atoms with E-state index in [1.54, 1.807) is 39.0 Å². The molecule has 1 aromatic heterocycles. The third kappa shape index (κ3) is 5.22. The molecule has 8 heteroatoms. The monoisotopic (exact) mass is 389 g/mol. The van der Waals surface area contributed by atoms with Crippen molar-refractivity contribution in [3.8, 4) is 0 Å². The van der Waals surface area contributed by atoms with Crippen LogP contribution in [0.2, 0.25) is 0 Å². The summed E-state index contributed by atoms with van der Waals surface area (Å²) in [7, 11) is 0. The summed E-state index contributed by atoms with van der Waals surface area (Å²) in [5.41, 5.74) is 1.50. The molecule has 2 aromatic rings. The molecule has 1 saturated heterocycles. The van der Waals surface area contributed by atoms with Gasteiger partial charge >= 0.3 is 6.09 Å². The number of alkyl carbamates (subject to hydrolysis) is 1. The van der Waals surface area contributed by atoms with Crippen molar-refractivity contribution in [1.29, 1.82) is 0 Å². The summed E-state index contributed by atoms with van der Waals surface area (Å²) in [6.45, 7) is 7.69. The quantitative estimate of drug-likeness (QED) is 0.812. The fraction of sp³-hybridized carbons (Fsp3) is 0.550. The number of anilines is 1. The molecule has 0 radical (unpaired) electrons. The number of hydrogen-bond acceptors (Lipinski definition) is 6. The molecule has 0 saturated carbocycles. The molecule has 2 N–H and O–H groups in total. The molecule has 28 heavy (non-hydrogen) atoms. The summed E-state index contributed by atoms with van der Waals surface area (Å²) in [6, 6.07) is 5.36. The lowest BCUT2D eigenvalue weighted by Gasteiger charge is -2.20. The van der Waals surface area contributed by atoms with E-state index in [2.05, 4.69) is 15.6 Å². The first-order chi connectivity index (χ1) is 13.2. The molecule has 1 aliphatic rings.